The van der Waals surface area contributed by atoms with Gasteiger partial charge in [0.05, 0.1) is 6.20 Å². The molecule has 1 N–H and O–H groups in total. The Morgan fingerprint density at radius 2 is 2.33 bits per heavy atom. The molecule has 2 aliphatic heterocycles. The maximum Gasteiger partial charge on any atom is 0.291 e. The van der Waals surface area contributed by atoms with Gasteiger partial charge in [-0.05, 0) is 50.1 Å². The predicted molar refractivity (Wildman–Crippen MR) is 78.1 cm³/mol. The monoisotopic (exact) mass is 289 g/mol. The highest BCUT2D eigenvalue weighted by Crippen LogP contribution is 2.60. The van der Waals surface area contributed by atoms with Gasteiger partial charge in [0.1, 0.15) is 0 Å². The third-order valence-electron chi connectivity index (χ3n) is 5.72. The maximum atomic E-state index is 12.5. The van der Waals surface area contributed by atoms with Crippen LogP contribution in [0.4, 0.5) is 0 Å². The standard InChI is InChI=1S/C16H23N3O2/c1-2-16-7-12(16)9-19(10-16)15(20)13-8-18-14(21-13)11-3-5-17-6-4-11/h8,11-12,17H,2-7,9-10H2,1H3/t12-,16+/m0/s1. The topological polar surface area (TPSA) is 58.4 Å². The molecule has 3 aliphatic rings. The van der Waals surface area contributed by atoms with Crippen LogP contribution in [0.2, 0.25) is 0 Å². The van der Waals surface area contributed by atoms with E-state index in [1.165, 1.54) is 12.8 Å². The van der Waals surface area contributed by atoms with Gasteiger partial charge in [-0.2, -0.15) is 0 Å². The Balaban J connectivity index is 1.45. The summed E-state index contributed by atoms with van der Waals surface area (Å²) in [6.07, 6.45) is 6.18. The zero-order valence-corrected chi connectivity index (χ0v) is 12.6. The number of amides is 1. The zero-order valence-electron chi connectivity index (χ0n) is 12.6. The molecule has 5 nitrogen and oxygen atoms in total. The molecule has 1 saturated carbocycles. The van der Waals surface area contributed by atoms with Crippen LogP contribution in [-0.4, -0.2) is 42.0 Å². The number of piperidine rings is 2. The smallest absolute Gasteiger partial charge is 0.291 e. The van der Waals surface area contributed by atoms with E-state index in [9.17, 15) is 4.79 Å². The van der Waals surface area contributed by atoms with Gasteiger partial charge in [0, 0.05) is 19.0 Å². The number of carbonyl (C=O) groups excluding carboxylic acids is 1. The SMILES string of the molecule is CC[C@]12C[C@H]1CN(C(=O)c1cnc(C3CCNCC3)o1)C2. The van der Waals surface area contributed by atoms with Crippen LogP contribution in [-0.2, 0) is 0 Å². The summed E-state index contributed by atoms with van der Waals surface area (Å²) in [4.78, 5) is 18.9. The third kappa shape index (κ3) is 2.18. The minimum absolute atomic E-state index is 0.0303. The fourth-order valence-corrected chi connectivity index (χ4v) is 4.09. The molecule has 1 aliphatic carbocycles. The zero-order chi connectivity index (χ0) is 14.4. The number of carbonyl (C=O) groups is 1. The van der Waals surface area contributed by atoms with E-state index in [1.807, 2.05) is 4.90 Å². The lowest BCUT2D eigenvalue weighted by Crippen LogP contribution is -2.31. The number of nitrogens with one attached hydrogen (secondary N) is 1. The van der Waals surface area contributed by atoms with E-state index in [0.717, 1.165) is 50.8 Å². The Kier molecular flexibility index (Phi) is 3.06. The quantitative estimate of drug-likeness (QED) is 0.925. The summed E-state index contributed by atoms with van der Waals surface area (Å²) in [5, 5.41) is 3.33. The van der Waals surface area contributed by atoms with Crippen LogP contribution in [0.1, 0.15) is 55.0 Å². The van der Waals surface area contributed by atoms with Gasteiger partial charge in [-0.3, -0.25) is 4.79 Å². The van der Waals surface area contributed by atoms with Crippen molar-refractivity contribution in [3.63, 3.8) is 0 Å². The van der Waals surface area contributed by atoms with Crippen molar-refractivity contribution < 1.29 is 9.21 Å². The second-order valence-electron chi connectivity index (χ2n) is 6.89. The van der Waals surface area contributed by atoms with Crippen molar-refractivity contribution in [2.45, 2.75) is 38.5 Å². The summed E-state index contributed by atoms with van der Waals surface area (Å²) in [7, 11) is 0. The molecule has 1 amide bonds. The third-order valence-corrected chi connectivity index (χ3v) is 5.72. The fourth-order valence-electron chi connectivity index (χ4n) is 4.09. The highest BCUT2D eigenvalue weighted by Gasteiger charge is 2.59. The molecular weight excluding hydrogens is 266 g/mol. The largest absolute Gasteiger partial charge is 0.435 e. The molecule has 21 heavy (non-hydrogen) atoms. The Morgan fingerprint density at radius 3 is 3.05 bits per heavy atom. The molecule has 2 saturated heterocycles. The summed E-state index contributed by atoms with van der Waals surface area (Å²) in [6, 6.07) is 0. The first-order valence-electron chi connectivity index (χ1n) is 8.17. The van der Waals surface area contributed by atoms with E-state index in [1.54, 1.807) is 6.20 Å². The van der Waals surface area contributed by atoms with Crippen molar-refractivity contribution in [2.75, 3.05) is 26.2 Å². The lowest BCUT2D eigenvalue weighted by atomic mass is 9.98. The fraction of sp³-hybridized carbons (Fsp3) is 0.750. The van der Waals surface area contributed by atoms with Gasteiger partial charge < -0.3 is 14.6 Å². The Hall–Kier alpha value is -1.36. The molecule has 2 atom stereocenters. The van der Waals surface area contributed by atoms with Crippen LogP contribution in [0.25, 0.3) is 0 Å². The van der Waals surface area contributed by atoms with Gasteiger partial charge in [0.2, 0.25) is 5.76 Å². The number of aromatic nitrogens is 1. The summed E-state index contributed by atoms with van der Waals surface area (Å²) in [5.74, 6) is 2.29. The number of hydrogen-bond donors (Lipinski definition) is 1. The first kappa shape index (κ1) is 13.3. The molecule has 0 bridgehead atoms. The molecule has 3 fully saturated rings. The molecule has 0 radical (unpaired) electrons. The average Bonchev–Trinajstić information content (AvgIpc) is 2.93. The lowest BCUT2D eigenvalue weighted by molar-refractivity contribution is 0.0729. The van der Waals surface area contributed by atoms with E-state index >= 15 is 0 Å². The van der Waals surface area contributed by atoms with Gasteiger partial charge in [-0.15, -0.1) is 0 Å². The van der Waals surface area contributed by atoms with Crippen LogP contribution < -0.4 is 5.32 Å². The summed E-state index contributed by atoms with van der Waals surface area (Å²) in [6.45, 7) is 6.04. The van der Waals surface area contributed by atoms with E-state index < -0.39 is 0 Å². The van der Waals surface area contributed by atoms with Crippen LogP contribution in [0.3, 0.4) is 0 Å². The number of fused-ring (bicyclic) bond motifs is 1. The molecule has 0 unspecified atom stereocenters. The molecule has 5 heteroatoms. The number of likely N-dealkylation sites (tertiary alicyclic amines) is 1. The molecule has 4 rings (SSSR count). The Bertz CT molecular complexity index is 545. The molecule has 3 heterocycles. The van der Waals surface area contributed by atoms with Crippen molar-refractivity contribution in [3.05, 3.63) is 17.8 Å². The van der Waals surface area contributed by atoms with Crippen molar-refractivity contribution in [3.8, 4) is 0 Å². The van der Waals surface area contributed by atoms with Crippen molar-refractivity contribution in [1.29, 1.82) is 0 Å². The molecule has 0 aromatic carbocycles. The first-order chi connectivity index (χ1) is 10.2. The maximum absolute atomic E-state index is 12.5. The molecule has 1 aromatic heterocycles. The van der Waals surface area contributed by atoms with Crippen molar-refractivity contribution in [1.82, 2.24) is 15.2 Å². The molecule has 0 spiro atoms. The van der Waals surface area contributed by atoms with Crippen molar-refractivity contribution in [2.24, 2.45) is 11.3 Å². The van der Waals surface area contributed by atoms with Crippen LogP contribution in [0.15, 0.2) is 10.6 Å². The van der Waals surface area contributed by atoms with Gasteiger partial charge in [-0.25, -0.2) is 4.98 Å². The normalized spacial score (nSPS) is 32.2. The van der Waals surface area contributed by atoms with Crippen LogP contribution in [0, 0.1) is 11.3 Å². The first-order valence-corrected chi connectivity index (χ1v) is 8.17. The number of rotatable bonds is 3. The number of nitrogens with zero attached hydrogens (tertiary/aromatic N) is 2. The second-order valence-corrected chi connectivity index (χ2v) is 6.89. The number of hydrogen-bond acceptors (Lipinski definition) is 4. The van der Waals surface area contributed by atoms with Gasteiger partial charge in [0.25, 0.3) is 5.91 Å². The van der Waals surface area contributed by atoms with Crippen LogP contribution >= 0.6 is 0 Å². The summed E-state index contributed by atoms with van der Waals surface area (Å²) in [5.41, 5.74) is 0.424. The summed E-state index contributed by atoms with van der Waals surface area (Å²) < 4.78 is 5.78. The van der Waals surface area contributed by atoms with Gasteiger partial charge in [0.15, 0.2) is 5.89 Å². The van der Waals surface area contributed by atoms with Gasteiger partial charge >= 0.3 is 0 Å². The van der Waals surface area contributed by atoms with E-state index in [4.69, 9.17) is 4.42 Å². The molecule has 1 aromatic rings. The minimum Gasteiger partial charge on any atom is -0.435 e. The van der Waals surface area contributed by atoms with Crippen LogP contribution in [0.5, 0.6) is 0 Å². The minimum atomic E-state index is 0.0303. The lowest BCUT2D eigenvalue weighted by Gasteiger charge is -2.20. The van der Waals surface area contributed by atoms with Gasteiger partial charge in [-0.1, -0.05) is 6.92 Å². The average molecular weight is 289 g/mol. The molecular formula is C16H23N3O2. The molecule has 114 valence electrons. The predicted octanol–water partition coefficient (Wildman–Crippen LogP) is 2.01. The van der Waals surface area contributed by atoms with E-state index in [2.05, 4.69) is 17.2 Å². The summed E-state index contributed by atoms with van der Waals surface area (Å²) >= 11 is 0. The number of oxazole rings is 1. The van der Waals surface area contributed by atoms with E-state index in [-0.39, 0.29) is 5.91 Å². The van der Waals surface area contributed by atoms with Crippen molar-refractivity contribution >= 4 is 5.91 Å². The Morgan fingerprint density at radius 1 is 1.52 bits per heavy atom. The Labute approximate surface area is 125 Å². The second kappa shape index (κ2) is 4.83. The highest BCUT2D eigenvalue weighted by atomic mass is 16.4. The van der Waals surface area contributed by atoms with E-state index in [0.29, 0.717) is 17.1 Å². The highest BCUT2D eigenvalue weighted by molar-refractivity contribution is 5.91.